The van der Waals surface area contributed by atoms with Gasteiger partial charge in [0, 0.05) is 25.2 Å². The lowest BCUT2D eigenvalue weighted by atomic mass is 10.00. The van der Waals surface area contributed by atoms with Crippen LogP contribution in [-0.2, 0) is 4.79 Å². The topological polar surface area (TPSA) is 100 Å². The second-order valence-corrected chi connectivity index (χ2v) is 7.88. The Bertz CT molecular complexity index is 1080. The molecule has 2 heterocycles. The molecule has 8 heteroatoms. The largest absolute Gasteiger partial charge is 0.366 e. The van der Waals surface area contributed by atoms with Crippen molar-refractivity contribution in [2.24, 2.45) is 0 Å². The monoisotopic (exact) mass is 419 g/mol. The summed E-state index contributed by atoms with van der Waals surface area (Å²) in [4.78, 5) is 29.1. The lowest BCUT2D eigenvalue weighted by Crippen LogP contribution is -2.38. The van der Waals surface area contributed by atoms with Gasteiger partial charge in [0.15, 0.2) is 0 Å². The predicted molar refractivity (Wildman–Crippen MR) is 120 cm³/mol. The van der Waals surface area contributed by atoms with Gasteiger partial charge in [-0.1, -0.05) is 42.5 Å². The Kier molecular flexibility index (Phi) is 6.08. The van der Waals surface area contributed by atoms with Gasteiger partial charge in [-0.05, 0) is 35.7 Å². The number of amides is 1. The summed E-state index contributed by atoms with van der Waals surface area (Å²) < 4.78 is 0. The number of hydrogen-bond acceptors (Lipinski definition) is 6. The molecule has 1 amide bonds. The lowest BCUT2D eigenvalue weighted by molar-refractivity contribution is -0.385. The van der Waals surface area contributed by atoms with E-state index in [0.29, 0.717) is 12.4 Å². The minimum Gasteiger partial charge on any atom is -0.366 e. The fraction of sp³-hybridized carbons (Fsp3) is 0.304. The molecule has 1 aliphatic rings. The minimum atomic E-state index is -0.466. The van der Waals surface area contributed by atoms with Crippen LogP contribution in [0, 0.1) is 10.1 Å². The van der Waals surface area contributed by atoms with E-state index in [4.69, 9.17) is 0 Å². The zero-order valence-corrected chi connectivity index (χ0v) is 17.3. The number of rotatable bonds is 7. The van der Waals surface area contributed by atoms with Gasteiger partial charge in [0.05, 0.1) is 17.5 Å². The summed E-state index contributed by atoms with van der Waals surface area (Å²) in [6.45, 7) is 3.87. The maximum absolute atomic E-state index is 12.6. The number of aromatic nitrogens is 1. The lowest BCUT2D eigenvalue weighted by Gasteiger charge is -2.20. The molecule has 0 bridgehead atoms. The fourth-order valence-electron chi connectivity index (χ4n) is 4.08. The molecule has 8 nitrogen and oxygen atoms in total. The second-order valence-electron chi connectivity index (χ2n) is 7.88. The zero-order chi connectivity index (χ0) is 21.8. The first-order chi connectivity index (χ1) is 15.0. The van der Waals surface area contributed by atoms with Crippen molar-refractivity contribution >= 4 is 28.2 Å². The third-order valence-corrected chi connectivity index (χ3v) is 5.62. The number of carbonyl (C=O) groups is 1. The van der Waals surface area contributed by atoms with E-state index in [2.05, 4.69) is 44.8 Å². The van der Waals surface area contributed by atoms with Crippen molar-refractivity contribution in [2.75, 3.05) is 25.0 Å². The second kappa shape index (κ2) is 9.09. The highest BCUT2D eigenvalue weighted by Crippen LogP contribution is 2.24. The van der Waals surface area contributed by atoms with E-state index in [0.717, 1.165) is 35.8 Å². The van der Waals surface area contributed by atoms with Gasteiger partial charge in [0.25, 0.3) is 5.69 Å². The van der Waals surface area contributed by atoms with Crippen LogP contribution in [0.15, 0.2) is 60.8 Å². The molecule has 0 radical (unpaired) electrons. The predicted octanol–water partition coefficient (Wildman–Crippen LogP) is 3.51. The van der Waals surface area contributed by atoms with Crippen LogP contribution in [0.25, 0.3) is 10.8 Å². The van der Waals surface area contributed by atoms with Crippen LogP contribution >= 0.6 is 0 Å². The summed E-state index contributed by atoms with van der Waals surface area (Å²) in [6.07, 6.45) is 2.13. The van der Waals surface area contributed by atoms with Crippen LogP contribution in [0.1, 0.15) is 24.9 Å². The number of anilines is 1. The summed E-state index contributed by atoms with van der Waals surface area (Å²) in [6, 6.07) is 17.4. The Morgan fingerprint density at radius 3 is 2.81 bits per heavy atom. The Morgan fingerprint density at radius 2 is 2.03 bits per heavy atom. The molecule has 0 saturated carbocycles. The van der Waals surface area contributed by atoms with Gasteiger partial charge in [0.1, 0.15) is 12.0 Å². The molecule has 31 heavy (non-hydrogen) atoms. The highest BCUT2D eigenvalue weighted by molar-refractivity contribution is 5.87. The normalized spacial score (nSPS) is 17.4. The van der Waals surface area contributed by atoms with E-state index in [9.17, 15) is 14.9 Å². The van der Waals surface area contributed by atoms with Gasteiger partial charge in [0.2, 0.25) is 5.91 Å². The Morgan fingerprint density at radius 1 is 1.23 bits per heavy atom. The summed E-state index contributed by atoms with van der Waals surface area (Å²) >= 11 is 0. The maximum Gasteiger partial charge on any atom is 0.287 e. The molecule has 4 rings (SSSR count). The smallest absolute Gasteiger partial charge is 0.287 e. The quantitative estimate of drug-likeness (QED) is 0.449. The summed E-state index contributed by atoms with van der Waals surface area (Å²) in [5.74, 6) is 0.598. The molecule has 1 fully saturated rings. The number of nitro groups is 1. The summed E-state index contributed by atoms with van der Waals surface area (Å²) in [5, 5.41) is 19.5. The van der Waals surface area contributed by atoms with Crippen LogP contribution in [0.5, 0.6) is 0 Å². The van der Waals surface area contributed by atoms with E-state index >= 15 is 0 Å². The average molecular weight is 419 g/mol. The molecular weight excluding hydrogens is 394 g/mol. The molecule has 1 aromatic heterocycles. The summed E-state index contributed by atoms with van der Waals surface area (Å²) in [5.41, 5.74) is 1.08. The van der Waals surface area contributed by atoms with Crippen molar-refractivity contribution in [2.45, 2.75) is 25.4 Å². The molecule has 2 atom stereocenters. The van der Waals surface area contributed by atoms with Crippen molar-refractivity contribution in [3.05, 3.63) is 76.5 Å². The first-order valence-corrected chi connectivity index (χ1v) is 10.4. The standard InChI is InChI=1S/C23H25N5O3/c1-16(20-8-4-6-17-5-2-3-7-21(17)20)25-23(29)15-27-12-11-18(14-27)26-22-10-9-19(13-24-22)28(30)31/h2-10,13,16,18H,11-12,14-15H2,1H3,(H,24,26)(H,25,29). The van der Waals surface area contributed by atoms with Gasteiger partial charge in [-0.15, -0.1) is 0 Å². The molecule has 2 N–H and O–H groups in total. The average Bonchev–Trinajstić information content (AvgIpc) is 3.20. The zero-order valence-electron chi connectivity index (χ0n) is 17.3. The number of fused-ring (bicyclic) bond motifs is 1. The van der Waals surface area contributed by atoms with Crippen LogP contribution < -0.4 is 10.6 Å². The van der Waals surface area contributed by atoms with E-state index < -0.39 is 4.92 Å². The molecule has 160 valence electrons. The van der Waals surface area contributed by atoms with Crippen molar-refractivity contribution in [1.82, 2.24) is 15.2 Å². The van der Waals surface area contributed by atoms with Crippen molar-refractivity contribution < 1.29 is 9.72 Å². The number of pyridine rings is 1. The molecule has 1 aliphatic heterocycles. The van der Waals surface area contributed by atoms with Gasteiger partial charge in [-0.2, -0.15) is 0 Å². The number of nitrogens with one attached hydrogen (secondary N) is 2. The molecule has 1 saturated heterocycles. The molecule has 2 unspecified atom stereocenters. The van der Waals surface area contributed by atoms with Crippen molar-refractivity contribution in [3.63, 3.8) is 0 Å². The van der Waals surface area contributed by atoms with Gasteiger partial charge < -0.3 is 10.6 Å². The van der Waals surface area contributed by atoms with Crippen molar-refractivity contribution in [1.29, 1.82) is 0 Å². The fourth-order valence-corrected chi connectivity index (χ4v) is 4.08. The molecule has 0 aliphatic carbocycles. The van der Waals surface area contributed by atoms with Crippen LogP contribution in [0.2, 0.25) is 0 Å². The Labute approximate surface area is 180 Å². The van der Waals surface area contributed by atoms with Crippen molar-refractivity contribution in [3.8, 4) is 0 Å². The first-order valence-electron chi connectivity index (χ1n) is 10.4. The number of hydrogen-bond donors (Lipinski definition) is 2. The Hall–Kier alpha value is -3.52. The number of likely N-dealkylation sites (tertiary alicyclic amines) is 1. The van der Waals surface area contributed by atoms with Gasteiger partial charge in [-0.25, -0.2) is 4.98 Å². The molecule has 3 aromatic rings. The van der Waals surface area contributed by atoms with E-state index in [1.807, 2.05) is 25.1 Å². The number of carbonyl (C=O) groups excluding carboxylic acids is 1. The third-order valence-electron chi connectivity index (χ3n) is 5.62. The number of benzene rings is 2. The van der Waals surface area contributed by atoms with E-state index in [1.165, 1.54) is 12.3 Å². The van der Waals surface area contributed by atoms with Gasteiger partial charge >= 0.3 is 0 Å². The summed E-state index contributed by atoms with van der Waals surface area (Å²) in [7, 11) is 0. The van der Waals surface area contributed by atoms with Crippen LogP contribution in [0.3, 0.4) is 0 Å². The maximum atomic E-state index is 12.6. The molecular formula is C23H25N5O3. The van der Waals surface area contributed by atoms with E-state index in [-0.39, 0.29) is 23.7 Å². The highest BCUT2D eigenvalue weighted by Gasteiger charge is 2.25. The number of nitrogens with zero attached hydrogens (tertiary/aromatic N) is 3. The van der Waals surface area contributed by atoms with Gasteiger partial charge in [-0.3, -0.25) is 19.8 Å². The van der Waals surface area contributed by atoms with Crippen LogP contribution in [0.4, 0.5) is 11.5 Å². The highest BCUT2D eigenvalue weighted by atomic mass is 16.6. The van der Waals surface area contributed by atoms with Crippen LogP contribution in [-0.4, -0.2) is 46.4 Å². The third kappa shape index (κ3) is 4.97. The van der Waals surface area contributed by atoms with E-state index in [1.54, 1.807) is 6.07 Å². The minimum absolute atomic E-state index is 0.00505. The first kappa shape index (κ1) is 20.7. The molecule has 2 aromatic carbocycles. The SMILES string of the molecule is CC(NC(=O)CN1CCC(Nc2ccc([N+](=O)[O-])cn2)C1)c1cccc2ccccc12. The molecule has 0 spiro atoms. The Balaban J connectivity index is 1.29.